The van der Waals surface area contributed by atoms with Crippen molar-refractivity contribution in [3.63, 3.8) is 0 Å². The second-order valence-electron chi connectivity index (χ2n) is 0. The van der Waals surface area contributed by atoms with E-state index in [0.717, 1.165) is 0 Å². The van der Waals surface area contributed by atoms with Crippen molar-refractivity contribution in [1.29, 1.82) is 0 Å². The summed E-state index contributed by atoms with van der Waals surface area (Å²) in [4.78, 5) is 0. The van der Waals surface area contributed by atoms with Crippen LogP contribution in [0.4, 0.5) is 0 Å². The van der Waals surface area contributed by atoms with Gasteiger partial charge in [0.15, 0.2) is 0 Å². The van der Waals surface area contributed by atoms with E-state index >= 15 is 0 Å². The molecule has 0 aromatic rings. The average Bonchev–Trinajstić information content (AvgIpc) is 0. The molecule has 2 radical (unpaired) electrons. The molecule has 0 aliphatic heterocycles. The van der Waals surface area contributed by atoms with Crippen LogP contribution in [0, 0.1) is 0 Å². The van der Waals surface area contributed by atoms with Crippen molar-refractivity contribution in [2.75, 3.05) is 0 Å². The maximum absolute atomic E-state index is 0. The van der Waals surface area contributed by atoms with Crippen LogP contribution in [0.2, 0.25) is 0 Å². The van der Waals surface area contributed by atoms with Gasteiger partial charge in [0.2, 0.25) is 0 Å². The Morgan fingerprint density at radius 2 is 1.00 bits per heavy atom. The van der Waals surface area contributed by atoms with E-state index in [9.17, 15) is 0 Å². The van der Waals surface area contributed by atoms with E-state index in [1.807, 2.05) is 0 Å². The van der Waals surface area contributed by atoms with Gasteiger partial charge in [-0.3, -0.25) is 0 Å². The first-order valence-electron chi connectivity index (χ1n) is 0. The Hall–Kier alpha value is 2.43. The first-order chi connectivity index (χ1) is 0. The fourth-order valence-electron chi connectivity index (χ4n) is 0. The van der Waals surface area contributed by atoms with Crippen molar-refractivity contribution in [1.82, 2.24) is 0 Å². The zero-order valence-corrected chi connectivity index (χ0v) is 6.70. The standard InChI is InChI=1S/Ag.Cu.GeH4.Zn/h;;1H4;. The van der Waals surface area contributed by atoms with Crippen LogP contribution in [-0.2, 0) is 58.9 Å². The van der Waals surface area contributed by atoms with Crippen LogP contribution in [0.1, 0.15) is 0 Å². The number of hydrogen-bond acceptors (Lipinski definition) is 0. The molecular weight excluding hydrogens is 309 g/mol. The van der Waals surface area contributed by atoms with Gasteiger partial charge < -0.3 is 0 Å². The summed E-state index contributed by atoms with van der Waals surface area (Å²) in [7, 11) is 0. The molecular formula is H4AgCuGeZn. The molecule has 4 heavy (non-hydrogen) atoms. The van der Waals surface area contributed by atoms with Gasteiger partial charge in [-0.2, -0.15) is 0 Å². The largest absolute Gasteiger partial charge is 0 e. The zero-order valence-electron chi connectivity index (χ0n) is 1.31. The van der Waals surface area contributed by atoms with E-state index in [4.69, 9.17) is 0 Å². The van der Waals surface area contributed by atoms with E-state index < -0.39 is 0 Å². The summed E-state index contributed by atoms with van der Waals surface area (Å²) >= 11 is 0. The molecule has 0 spiro atoms. The predicted octanol–water partition coefficient (Wildman–Crippen LogP) is -1.46. The molecule has 4 heteroatoms. The third-order valence-corrected chi connectivity index (χ3v) is 0. The van der Waals surface area contributed by atoms with Gasteiger partial charge in [0, 0.05) is 58.9 Å². The summed E-state index contributed by atoms with van der Waals surface area (Å²) in [6.45, 7) is 0. The van der Waals surface area contributed by atoms with Crippen molar-refractivity contribution in [3.8, 4) is 0 Å². The minimum absolute atomic E-state index is 0. The Bertz CT molecular complexity index is 8.00. The molecule has 0 aromatic heterocycles. The maximum Gasteiger partial charge on any atom is 0 e. The summed E-state index contributed by atoms with van der Waals surface area (Å²) in [5, 5.41) is 0. The van der Waals surface area contributed by atoms with E-state index in [2.05, 4.69) is 0 Å². The molecule has 0 atom stereocenters. The van der Waals surface area contributed by atoms with Crippen LogP contribution in [-0.4, -0.2) is 17.6 Å². The molecule has 0 aliphatic carbocycles. The minimum Gasteiger partial charge on any atom is 0 e. The third kappa shape index (κ3) is 8.83. The second-order valence-corrected chi connectivity index (χ2v) is 0. The Kier molecular flexibility index (Phi) is 145. The van der Waals surface area contributed by atoms with E-state index in [0.29, 0.717) is 0 Å². The van der Waals surface area contributed by atoms with Crippen LogP contribution in [0.5, 0.6) is 0 Å². The van der Waals surface area contributed by atoms with Crippen molar-refractivity contribution < 1.29 is 58.9 Å². The Labute approximate surface area is 75.6 Å². The molecule has 0 aromatic carbocycles. The molecule has 0 heterocycles. The van der Waals surface area contributed by atoms with Gasteiger partial charge >= 0.3 is 17.6 Å². The monoisotopic (exact) mass is 312 g/mol. The van der Waals surface area contributed by atoms with Crippen molar-refractivity contribution in [2.24, 2.45) is 0 Å². The molecule has 0 unspecified atom stereocenters. The van der Waals surface area contributed by atoms with Crippen LogP contribution in [0.25, 0.3) is 0 Å². The number of hydrogen-bond donors (Lipinski definition) is 0. The summed E-state index contributed by atoms with van der Waals surface area (Å²) < 4.78 is 0. The molecule has 0 N–H and O–H groups in total. The first kappa shape index (κ1) is 32.1. The summed E-state index contributed by atoms with van der Waals surface area (Å²) in [6.07, 6.45) is 0. The molecule has 0 aliphatic rings. The van der Waals surface area contributed by atoms with Gasteiger partial charge in [-0.15, -0.1) is 0 Å². The maximum atomic E-state index is 0. The normalized spacial score (nSPS) is 0. The average molecular weight is 313 g/mol. The van der Waals surface area contributed by atoms with Crippen LogP contribution < -0.4 is 0 Å². The SMILES string of the molecule is [Ag].[Cu].[GeH4].[Zn]. The first-order valence-corrected chi connectivity index (χ1v) is 0. The molecule has 0 bridgehead atoms. The van der Waals surface area contributed by atoms with Crippen molar-refractivity contribution in [3.05, 3.63) is 0 Å². The van der Waals surface area contributed by atoms with Crippen molar-refractivity contribution >= 4 is 17.6 Å². The van der Waals surface area contributed by atoms with Crippen LogP contribution >= 0.6 is 0 Å². The van der Waals surface area contributed by atoms with Gasteiger partial charge in [-0.1, -0.05) is 0 Å². The molecule has 0 rings (SSSR count). The van der Waals surface area contributed by atoms with Gasteiger partial charge in [0.25, 0.3) is 0 Å². The number of rotatable bonds is 0. The van der Waals surface area contributed by atoms with Crippen LogP contribution in [0.15, 0.2) is 0 Å². The van der Waals surface area contributed by atoms with Gasteiger partial charge in [0.1, 0.15) is 0 Å². The quantitative estimate of drug-likeness (QED) is 0.480. The molecule has 0 saturated carbocycles. The van der Waals surface area contributed by atoms with Gasteiger partial charge in [-0.25, -0.2) is 0 Å². The molecule has 0 fully saturated rings. The minimum atomic E-state index is 0. The third-order valence-electron chi connectivity index (χ3n) is 0. The van der Waals surface area contributed by atoms with E-state index in [-0.39, 0.29) is 76.5 Å². The van der Waals surface area contributed by atoms with E-state index in [1.54, 1.807) is 0 Å². The molecule has 0 nitrogen and oxygen atoms in total. The topological polar surface area (TPSA) is 0 Å². The zero-order chi connectivity index (χ0) is 0. The summed E-state index contributed by atoms with van der Waals surface area (Å²) in [6, 6.07) is 0. The van der Waals surface area contributed by atoms with Crippen LogP contribution in [0.3, 0.4) is 0 Å². The Morgan fingerprint density at radius 3 is 1.00 bits per heavy atom. The van der Waals surface area contributed by atoms with Gasteiger partial charge in [-0.05, 0) is 0 Å². The van der Waals surface area contributed by atoms with Gasteiger partial charge in [0.05, 0.1) is 0 Å². The second kappa shape index (κ2) is 18.1. The molecule has 0 amide bonds. The van der Waals surface area contributed by atoms with Crippen molar-refractivity contribution in [2.45, 2.75) is 0 Å². The fourth-order valence-corrected chi connectivity index (χ4v) is 0. The summed E-state index contributed by atoms with van der Waals surface area (Å²) in [5.41, 5.74) is 0. The Morgan fingerprint density at radius 1 is 1.00 bits per heavy atom. The smallest absolute Gasteiger partial charge is 0 e. The molecule has 0 saturated heterocycles. The predicted molar refractivity (Wildman–Crippen MR) is 11.3 cm³/mol. The van der Waals surface area contributed by atoms with E-state index in [1.165, 1.54) is 0 Å². The Balaban J connectivity index is 0. The fraction of sp³-hybridized carbons (Fsp3) is 0. The summed E-state index contributed by atoms with van der Waals surface area (Å²) in [5.74, 6) is 0. The molecule has 32 valence electrons.